The third-order valence-electron chi connectivity index (χ3n) is 3.52. The fourth-order valence-corrected chi connectivity index (χ4v) is 1.98. The molecular weight excluding hydrogens is 152 g/mol. The van der Waals surface area contributed by atoms with Crippen LogP contribution in [-0.4, -0.2) is 22.4 Å². The molecule has 4 atom stereocenters. The van der Waals surface area contributed by atoms with Crippen LogP contribution in [0.2, 0.25) is 0 Å². The van der Waals surface area contributed by atoms with Gasteiger partial charge in [0, 0.05) is 5.41 Å². The molecule has 1 fully saturated rings. The number of aliphatic hydroxyl groups excluding tert-OH is 2. The lowest BCUT2D eigenvalue weighted by Gasteiger charge is -2.42. The van der Waals surface area contributed by atoms with Gasteiger partial charge in [0.05, 0.1) is 12.2 Å². The lowest BCUT2D eigenvalue weighted by atomic mass is 9.67. The molecule has 0 amide bonds. The molecule has 1 aliphatic carbocycles. The van der Waals surface area contributed by atoms with E-state index in [-0.39, 0.29) is 11.5 Å². The maximum absolute atomic E-state index is 9.81. The molecule has 2 heteroatoms. The molecule has 72 valence electrons. The van der Waals surface area contributed by atoms with E-state index in [0.717, 1.165) is 19.3 Å². The summed E-state index contributed by atoms with van der Waals surface area (Å²) in [6, 6.07) is 0. The molecule has 0 radical (unpaired) electrons. The number of rotatable bonds is 1. The minimum Gasteiger partial charge on any atom is -0.393 e. The molecule has 0 spiro atoms. The van der Waals surface area contributed by atoms with Crippen molar-refractivity contribution in [1.82, 2.24) is 0 Å². The van der Waals surface area contributed by atoms with Crippen LogP contribution in [0.15, 0.2) is 0 Å². The van der Waals surface area contributed by atoms with Gasteiger partial charge in [-0.3, -0.25) is 0 Å². The fraction of sp³-hybridized carbons (Fsp3) is 1.00. The van der Waals surface area contributed by atoms with Crippen molar-refractivity contribution in [2.75, 3.05) is 0 Å². The van der Waals surface area contributed by atoms with Gasteiger partial charge in [-0.15, -0.1) is 0 Å². The molecule has 0 saturated heterocycles. The van der Waals surface area contributed by atoms with Crippen LogP contribution in [0, 0.1) is 11.3 Å². The van der Waals surface area contributed by atoms with Gasteiger partial charge in [-0.1, -0.05) is 13.8 Å². The smallest absolute Gasteiger partial charge is 0.0620 e. The van der Waals surface area contributed by atoms with E-state index in [0.29, 0.717) is 5.92 Å². The number of hydrogen-bond acceptors (Lipinski definition) is 2. The fourth-order valence-electron chi connectivity index (χ4n) is 1.98. The van der Waals surface area contributed by atoms with Crippen LogP contribution in [-0.2, 0) is 0 Å². The highest BCUT2D eigenvalue weighted by Gasteiger charge is 2.41. The quantitative estimate of drug-likeness (QED) is 0.630. The maximum Gasteiger partial charge on any atom is 0.0620 e. The molecule has 2 N–H and O–H groups in total. The number of aliphatic hydroxyl groups is 2. The highest BCUT2D eigenvalue weighted by Crippen LogP contribution is 2.41. The first-order chi connectivity index (χ1) is 5.47. The van der Waals surface area contributed by atoms with Crippen molar-refractivity contribution in [3.63, 3.8) is 0 Å². The first kappa shape index (κ1) is 10.0. The minimum absolute atomic E-state index is 0.271. The average molecular weight is 172 g/mol. The average Bonchev–Trinajstić information content (AvgIpc) is 1.97. The number of hydrogen-bond donors (Lipinski definition) is 2. The topological polar surface area (TPSA) is 40.5 Å². The van der Waals surface area contributed by atoms with E-state index >= 15 is 0 Å². The van der Waals surface area contributed by atoms with E-state index in [1.165, 1.54) is 0 Å². The summed E-state index contributed by atoms with van der Waals surface area (Å²) < 4.78 is 0. The van der Waals surface area contributed by atoms with Gasteiger partial charge >= 0.3 is 0 Å². The molecule has 0 aromatic heterocycles. The Morgan fingerprint density at radius 3 is 2.50 bits per heavy atom. The van der Waals surface area contributed by atoms with Crippen LogP contribution in [0.3, 0.4) is 0 Å². The van der Waals surface area contributed by atoms with Crippen LogP contribution in [0.1, 0.15) is 40.0 Å². The summed E-state index contributed by atoms with van der Waals surface area (Å²) in [5.41, 5.74) is -0.271. The van der Waals surface area contributed by atoms with E-state index in [2.05, 4.69) is 6.92 Å². The second-order valence-electron chi connectivity index (χ2n) is 4.58. The molecule has 1 saturated carbocycles. The van der Waals surface area contributed by atoms with E-state index in [4.69, 9.17) is 0 Å². The van der Waals surface area contributed by atoms with Gasteiger partial charge < -0.3 is 10.2 Å². The van der Waals surface area contributed by atoms with Crippen molar-refractivity contribution in [3.05, 3.63) is 0 Å². The molecule has 0 aliphatic heterocycles. The maximum atomic E-state index is 9.81. The lowest BCUT2D eigenvalue weighted by molar-refractivity contribution is -0.0860. The van der Waals surface area contributed by atoms with Gasteiger partial charge in [0.25, 0.3) is 0 Å². The van der Waals surface area contributed by atoms with Crippen LogP contribution in [0.4, 0.5) is 0 Å². The van der Waals surface area contributed by atoms with Gasteiger partial charge in [-0.05, 0) is 32.1 Å². The summed E-state index contributed by atoms with van der Waals surface area (Å²) in [6.07, 6.45) is 2.16. The Bertz CT molecular complexity index is 156. The van der Waals surface area contributed by atoms with Crippen LogP contribution < -0.4 is 0 Å². The minimum atomic E-state index is -0.403. The first-order valence-electron chi connectivity index (χ1n) is 4.83. The molecule has 1 aliphatic rings. The van der Waals surface area contributed by atoms with Crippen LogP contribution >= 0.6 is 0 Å². The summed E-state index contributed by atoms with van der Waals surface area (Å²) in [7, 11) is 0. The van der Waals surface area contributed by atoms with Crippen molar-refractivity contribution in [2.24, 2.45) is 11.3 Å². The Balaban J connectivity index is 2.66. The summed E-state index contributed by atoms with van der Waals surface area (Å²) in [6.45, 7) is 5.91. The Labute approximate surface area is 74.6 Å². The Morgan fingerprint density at radius 2 is 2.08 bits per heavy atom. The Hall–Kier alpha value is -0.0800. The molecule has 1 rings (SSSR count). The highest BCUT2D eigenvalue weighted by molar-refractivity contribution is 4.91. The molecule has 0 heterocycles. The summed E-state index contributed by atoms with van der Waals surface area (Å²) in [4.78, 5) is 0. The van der Waals surface area contributed by atoms with Gasteiger partial charge in [0.15, 0.2) is 0 Å². The molecular formula is C10H20O2. The van der Waals surface area contributed by atoms with Gasteiger partial charge in [0.2, 0.25) is 0 Å². The summed E-state index contributed by atoms with van der Waals surface area (Å²) >= 11 is 0. The second kappa shape index (κ2) is 3.35. The highest BCUT2D eigenvalue weighted by atomic mass is 16.3. The van der Waals surface area contributed by atoms with E-state index < -0.39 is 6.10 Å². The lowest BCUT2D eigenvalue weighted by Crippen LogP contribution is -2.45. The molecule has 0 bridgehead atoms. The normalized spacial score (nSPS) is 45.8. The second-order valence-corrected chi connectivity index (χ2v) is 4.58. The summed E-state index contributed by atoms with van der Waals surface area (Å²) in [5.74, 6) is 0.604. The third kappa shape index (κ3) is 1.64. The van der Waals surface area contributed by atoms with E-state index in [9.17, 15) is 10.2 Å². The third-order valence-corrected chi connectivity index (χ3v) is 3.52. The van der Waals surface area contributed by atoms with Gasteiger partial charge in [-0.2, -0.15) is 0 Å². The van der Waals surface area contributed by atoms with Crippen LogP contribution in [0.5, 0.6) is 0 Å². The Kier molecular flexibility index (Phi) is 2.79. The molecule has 12 heavy (non-hydrogen) atoms. The standard InChI is InChI=1S/C10H20O2/c1-7-4-5-10(3,8(2)11)9(12)6-7/h7-9,11-12H,4-6H2,1-3H3/t7-,8-,9+,10+/m1/s1. The van der Waals surface area contributed by atoms with Gasteiger partial charge in [0.1, 0.15) is 0 Å². The Morgan fingerprint density at radius 1 is 1.50 bits per heavy atom. The monoisotopic (exact) mass is 172 g/mol. The molecule has 0 unspecified atom stereocenters. The molecule has 0 aromatic carbocycles. The largest absolute Gasteiger partial charge is 0.393 e. The van der Waals surface area contributed by atoms with Crippen molar-refractivity contribution >= 4 is 0 Å². The molecule has 0 aromatic rings. The van der Waals surface area contributed by atoms with Crippen molar-refractivity contribution < 1.29 is 10.2 Å². The van der Waals surface area contributed by atoms with Crippen molar-refractivity contribution in [1.29, 1.82) is 0 Å². The summed E-state index contributed by atoms with van der Waals surface area (Å²) in [5, 5.41) is 19.3. The predicted octanol–water partition coefficient (Wildman–Crippen LogP) is 1.55. The van der Waals surface area contributed by atoms with Gasteiger partial charge in [-0.25, -0.2) is 0 Å². The van der Waals surface area contributed by atoms with E-state index in [1.807, 2.05) is 6.92 Å². The zero-order chi connectivity index (χ0) is 9.35. The van der Waals surface area contributed by atoms with Crippen molar-refractivity contribution in [3.8, 4) is 0 Å². The van der Waals surface area contributed by atoms with E-state index in [1.54, 1.807) is 6.92 Å². The van der Waals surface area contributed by atoms with Crippen molar-refractivity contribution in [2.45, 2.75) is 52.2 Å². The molecule has 2 nitrogen and oxygen atoms in total. The SMILES string of the molecule is C[C@@H]1CC[C@@](C)([C@@H](C)O)[C@@H](O)C1. The predicted molar refractivity (Wildman–Crippen MR) is 48.8 cm³/mol. The zero-order valence-electron chi connectivity index (χ0n) is 8.25. The first-order valence-corrected chi connectivity index (χ1v) is 4.83. The van der Waals surface area contributed by atoms with Crippen LogP contribution in [0.25, 0.3) is 0 Å². The zero-order valence-corrected chi connectivity index (χ0v) is 8.25.